The minimum Gasteiger partial charge on any atom is -0.310 e. The van der Waals surface area contributed by atoms with E-state index >= 15 is 0 Å². The van der Waals surface area contributed by atoms with Crippen LogP contribution in [0.4, 0.5) is 0 Å². The molecular weight excluding hydrogens is 254 g/mol. The minimum atomic E-state index is 0.484. The molecule has 0 amide bonds. The van der Waals surface area contributed by atoms with Crippen LogP contribution in [-0.4, -0.2) is 6.04 Å². The van der Waals surface area contributed by atoms with E-state index in [0.29, 0.717) is 17.4 Å². The second-order valence-corrected chi connectivity index (χ2v) is 8.19. The first-order chi connectivity index (χ1) is 9.86. The summed E-state index contributed by atoms with van der Waals surface area (Å²) in [6, 6.07) is 9.83. The van der Waals surface area contributed by atoms with Crippen molar-refractivity contribution in [1.82, 2.24) is 5.32 Å². The Labute approximate surface area is 131 Å². The van der Waals surface area contributed by atoms with Gasteiger partial charge in [-0.25, -0.2) is 0 Å². The van der Waals surface area contributed by atoms with E-state index in [4.69, 9.17) is 0 Å². The summed E-state index contributed by atoms with van der Waals surface area (Å²) >= 11 is 0. The molecule has 2 rings (SSSR count). The number of benzene rings is 1. The second kappa shape index (κ2) is 6.96. The molecule has 21 heavy (non-hydrogen) atoms. The average molecular weight is 287 g/mol. The number of hydrogen-bond donors (Lipinski definition) is 1. The lowest BCUT2D eigenvalue weighted by Crippen LogP contribution is -2.35. The van der Waals surface area contributed by atoms with Gasteiger partial charge in [-0.3, -0.25) is 0 Å². The standard InChI is InChI=1S/C20H33N/c1-15(2)17-8-6-16(7-9-17)14-21-19-12-10-18(11-13-19)20(3,4)5/h6-9,15,18-19,21H,10-14H2,1-5H3. The first kappa shape index (κ1) is 16.5. The van der Waals surface area contributed by atoms with Crippen LogP contribution in [0.2, 0.25) is 0 Å². The molecule has 1 aliphatic carbocycles. The minimum absolute atomic E-state index is 0.484. The van der Waals surface area contributed by atoms with E-state index in [1.807, 2.05) is 0 Å². The van der Waals surface area contributed by atoms with Gasteiger partial charge in [0.25, 0.3) is 0 Å². The molecule has 0 bridgehead atoms. The predicted octanol–water partition coefficient (Wildman–Crippen LogP) is 5.50. The topological polar surface area (TPSA) is 12.0 Å². The molecule has 0 radical (unpaired) electrons. The van der Waals surface area contributed by atoms with Crippen LogP contribution in [0.15, 0.2) is 24.3 Å². The molecule has 1 N–H and O–H groups in total. The predicted molar refractivity (Wildman–Crippen MR) is 92.6 cm³/mol. The number of nitrogens with one attached hydrogen (secondary N) is 1. The Balaban J connectivity index is 1.77. The van der Waals surface area contributed by atoms with Crippen molar-refractivity contribution < 1.29 is 0 Å². The van der Waals surface area contributed by atoms with Crippen LogP contribution in [0.25, 0.3) is 0 Å². The molecule has 1 saturated carbocycles. The highest BCUT2D eigenvalue weighted by Crippen LogP contribution is 2.37. The maximum atomic E-state index is 3.76. The van der Waals surface area contributed by atoms with Gasteiger partial charge in [0.15, 0.2) is 0 Å². The van der Waals surface area contributed by atoms with Gasteiger partial charge in [-0.15, -0.1) is 0 Å². The van der Waals surface area contributed by atoms with Crippen molar-refractivity contribution in [3.05, 3.63) is 35.4 Å². The Kier molecular flexibility index (Phi) is 5.48. The SMILES string of the molecule is CC(C)c1ccc(CNC2CCC(C(C)(C)C)CC2)cc1. The Hall–Kier alpha value is -0.820. The van der Waals surface area contributed by atoms with Crippen LogP contribution in [0, 0.1) is 11.3 Å². The lowest BCUT2D eigenvalue weighted by atomic mass is 9.71. The average Bonchev–Trinajstić information content (AvgIpc) is 2.45. The monoisotopic (exact) mass is 287 g/mol. The maximum Gasteiger partial charge on any atom is 0.0208 e. The molecule has 118 valence electrons. The van der Waals surface area contributed by atoms with Gasteiger partial charge in [-0.05, 0) is 54.1 Å². The molecule has 1 fully saturated rings. The molecule has 1 aromatic carbocycles. The lowest BCUT2D eigenvalue weighted by molar-refractivity contribution is 0.160. The molecule has 0 atom stereocenters. The molecule has 1 heteroatoms. The molecule has 1 aliphatic rings. The second-order valence-electron chi connectivity index (χ2n) is 8.19. The van der Waals surface area contributed by atoms with Gasteiger partial charge in [-0.1, -0.05) is 58.9 Å². The van der Waals surface area contributed by atoms with Crippen molar-refractivity contribution in [2.45, 2.75) is 78.8 Å². The van der Waals surface area contributed by atoms with E-state index in [0.717, 1.165) is 12.5 Å². The third-order valence-corrected chi connectivity index (χ3v) is 5.19. The van der Waals surface area contributed by atoms with Crippen molar-refractivity contribution in [3.63, 3.8) is 0 Å². The number of hydrogen-bond acceptors (Lipinski definition) is 1. The molecule has 0 unspecified atom stereocenters. The molecule has 0 spiro atoms. The van der Waals surface area contributed by atoms with Crippen molar-refractivity contribution in [2.75, 3.05) is 0 Å². The summed E-state index contributed by atoms with van der Waals surface area (Å²) in [5.41, 5.74) is 3.33. The zero-order valence-corrected chi connectivity index (χ0v) is 14.6. The van der Waals surface area contributed by atoms with Gasteiger partial charge in [0.2, 0.25) is 0 Å². The Morgan fingerprint density at radius 1 is 1.00 bits per heavy atom. The van der Waals surface area contributed by atoms with Crippen molar-refractivity contribution in [2.24, 2.45) is 11.3 Å². The molecule has 1 aromatic rings. The van der Waals surface area contributed by atoms with E-state index in [9.17, 15) is 0 Å². The van der Waals surface area contributed by atoms with Crippen LogP contribution in [0.5, 0.6) is 0 Å². The van der Waals surface area contributed by atoms with Gasteiger partial charge in [0.1, 0.15) is 0 Å². The van der Waals surface area contributed by atoms with Gasteiger partial charge in [-0.2, -0.15) is 0 Å². The number of rotatable bonds is 4. The first-order valence-electron chi connectivity index (χ1n) is 8.68. The maximum absolute atomic E-state index is 3.76. The third-order valence-electron chi connectivity index (χ3n) is 5.19. The molecule has 0 saturated heterocycles. The fraction of sp³-hybridized carbons (Fsp3) is 0.700. The summed E-state index contributed by atoms with van der Waals surface area (Å²) < 4.78 is 0. The molecule has 0 aliphatic heterocycles. The summed E-state index contributed by atoms with van der Waals surface area (Å²) in [5, 5.41) is 3.76. The largest absolute Gasteiger partial charge is 0.310 e. The van der Waals surface area contributed by atoms with Gasteiger partial charge in [0, 0.05) is 12.6 Å². The van der Waals surface area contributed by atoms with E-state index in [1.54, 1.807) is 0 Å². The summed E-state index contributed by atoms with van der Waals surface area (Å²) in [5.74, 6) is 1.53. The highest BCUT2D eigenvalue weighted by molar-refractivity contribution is 5.24. The van der Waals surface area contributed by atoms with E-state index in [2.05, 4.69) is 64.2 Å². The summed E-state index contributed by atoms with van der Waals surface area (Å²) in [6.45, 7) is 12.7. The van der Waals surface area contributed by atoms with Crippen molar-refractivity contribution in [1.29, 1.82) is 0 Å². The molecule has 0 aromatic heterocycles. The zero-order valence-electron chi connectivity index (χ0n) is 14.6. The Morgan fingerprint density at radius 3 is 2.05 bits per heavy atom. The first-order valence-corrected chi connectivity index (χ1v) is 8.68. The van der Waals surface area contributed by atoms with Crippen LogP contribution in [0.3, 0.4) is 0 Å². The summed E-state index contributed by atoms with van der Waals surface area (Å²) in [4.78, 5) is 0. The highest BCUT2D eigenvalue weighted by atomic mass is 14.9. The lowest BCUT2D eigenvalue weighted by Gasteiger charge is -2.37. The van der Waals surface area contributed by atoms with Gasteiger partial charge >= 0.3 is 0 Å². The normalized spacial score (nSPS) is 23.5. The fourth-order valence-corrected chi connectivity index (χ4v) is 3.45. The van der Waals surface area contributed by atoms with Crippen LogP contribution >= 0.6 is 0 Å². The molecular formula is C20H33N. The quantitative estimate of drug-likeness (QED) is 0.770. The van der Waals surface area contributed by atoms with Crippen molar-refractivity contribution in [3.8, 4) is 0 Å². The van der Waals surface area contributed by atoms with Gasteiger partial charge in [0.05, 0.1) is 0 Å². The zero-order chi connectivity index (χ0) is 15.5. The van der Waals surface area contributed by atoms with Gasteiger partial charge < -0.3 is 5.32 Å². The van der Waals surface area contributed by atoms with E-state index in [1.165, 1.54) is 36.8 Å². The van der Waals surface area contributed by atoms with Crippen LogP contribution in [0.1, 0.15) is 77.3 Å². The Morgan fingerprint density at radius 2 is 1.57 bits per heavy atom. The smallest absolute Gasteiger partial charge is 0.0208 e. The van der Waals surface area contributed by atoms with Crippen LogP contribution in [-0.2, 0) is 6.54 Å². The van der Waals surface area contributed by atoms with Crippen LogP contribution < -0.4 is 5.32 Å². The third kappa shape index (κ3) is 4.85. The van der Waals surface area contributed by atoms with Crippen molar-refractivity contribution >= 4 is 0 Å². The van der Waals surface area contributed by atoms with E-state index in [-0.39, 0.29) is 0 Å². The highest BCUT2D eigenvalue weighted by Gasteiger charge is 2.29. The summed E-state index contributed by atoms with van der Waals surface area (Å²) in [7, 11) is 0. The van der Waals surface area contributed by atoms with E-state index < -0.39 is 0 Å². The fourth-order valence-electron chi connectivity index (χ4n) is 3.45. The molecule has 0 heterocycles. The molecule has 1 nitrogen and oxygen atoms in total. The summed E-state index contributed by atoms with van der Waals surface area (Å²) in [6.07, 6.45) is 5.44. The Bertz CT molecular complexity index is 416.